The number of piperazine rings is 1. The molecule has 2 heterocycles. The van der Waals surface area contributed by atoms with Gasteiger partial charge >= 0.3 is 0 Å². The summed E-state index contributed by atoms with van der Waals surface area (Å²) in [7, 11) is 0. The molecule has 102 valence electrons. The van der Waals surface area contributed by atoms with Crippen molar-refractivity contribution in [2.75, 3.05) is 26.2 Å². The monoisotopic (exact) mass is 253 g/mol. The number of aliphatic hydroxyl groups excluding tert-OH is 1. The van der Waals surface area contributed by atoms with E-state index in [1.807, 2.05) is 19.9 Å². The molecule has 1 aliphatic rings. The third-order valence-corrected chi connectivity index (χ3v) is 3.41. The van der Waals surface area contributed by atoms with Crippen molar-refractivity contribution in [1.82, 2.24) is 15.0 Å². The second-order valence-corrected chi connectivity index (χ2v) is 5.36. The van der Waals surface area contributed by atoms with E-state index in [0.29, 0.717) is 6.04 Å². The van der Waals surface area contributed by atoms with Gasteiger partial charge < -0.3 is 9.63 Å². The van der Waals surface area contributed by atoms with Gasteiger partial charge in [0.25, 0.3) is 0 Å². The molecular weight excluding hydrogens is 230 g/mol. The van der Waals surface area contributed by atoms with Crippen molar-refractivity contribution in [3.8, 4) is 0 Å². The van der Waals surface area contributed by atoms with Crippen molar-refractivity contribution in [3.63, 3.8) is 0 Å². The molecule has 1 aromatic heterocycles. The Kier molecular flexibility index (Phi) is 4.37. The predicted molar refractivity (Wildman–Crippen MR) is 69.2 cm³/mol. The maximum atomic E-state index is 9.45. The van der Waals surface area contributed by atoms with E-state index < -0.39 is 0 Å². The first kappa shape index (κ1) is 13.5. The fourth-order valence-electron chi connectivity index (χ4n) is 2.55. The molecule has 2 atom stereocenters. The molecule has 5 nitrogen and oxygen atoms in total. The van der Waals surface area contributed by atoms with Gasteiger partial charge in [-0.3, -0.25) is 9.80 Å². The quantitative estimate of drug-likeness (QED) is 0.863. The van der Waals surface area contributed by atoms with E-state index in [1.165, 1.54) is 0 Å². The van der Waals surface area contributed by atoms with Gasteiger partial charge in [0.1, 0.15) is 5.76 Å². The summed E-state index contributed by atoms with van der Waals surface area (Å²) in [5, 5.41) is 13.5. The summed E-state index contributed by atoms with van der Waals surface area (Å²) in [5.74, 6) is 0.866. The highest BCUT2D eigenvalue weighted by Gasteiger charge is 2.24. The number of aryl methyl sites for hydroxylation is 1. The first-order chi connectivity index (χ1) is 8.54. The fourth-order valence-corrected chi connectivity index (χ4v) is 2.55. The molecule has 5 heteroatoms. The number of hydrogen-bond acceptors (Lipinski definition) is 5. The van der Waals surface area contributed by atoms with Crippen LogP contribution in [0, 0.1) is 6.92 Å². The van der Waals surface area contributed by atoms with Gasteiger partial charge in [-0.05, 0) is 20.8 Å². The normalized spacial score (nSPS) is 24.3. The molecule has 0 unspecified atom stereocenters. The largest absolute Gasteiger partial charge is 0.392 e. The van der Waals surface area contributed by atoms with Crippen LogP contribution in [0.4, 0.5) is 0 Å². The van der Waals surface area contributed by atoms with Crippen molar-refractivity contribution < 1.29 is 9.63 Å². The lowest BCUT2D eigenvalue weighted by molar-refractivity contribution is 0.0415. The standard InChI is InChI=1S/C13H23N3O2/c1-10-7-15(4-5-16(10)8-11(2)17)9-13-6-12(3)18-14-13/h6,10-11,17H,4-5,7-9H2,1-3H3/t10-,11-/m0/s1. The Labute approximate surface area is 108 Å². The maximum absolute atomic E-state index is 9.45. The first-order valence-corrected chi connectivity index (χ1v) is 6.61. The van der Waals surface area contributed by atoms with Gasteiger partial charge in [0.2, 0.25) is 0 Å². The van der Waals surface area contributed by atoms with Crippen LogP contribution in [-0.2, 0) is 6.54 Å². The van der Waals surface area contributed by atoms with E-state index in [-0.39, 0.29) is 6.10 Å². The topological polar surface area (TPSA) is 52.7 Å². The molecule has 1 saturated heterocycles. The van der Waals surface area contributed by atoms with Crippen LogP contribution >= 0.6 is 0 Å². The van der Waals surface area contributed by atoms with Crippen LogP contribution in [0.3, 0.4) is 0 Å². The van der Waals surface area contributed by atoms with Crippen LogP contribution in [0.15, 0.2) is 10.6 Å². The number of hydrogen-bond donors (Lipinski definition) is 1. The van der Waals surface area contributed by atoms with Crippen LogP contribution < -0.4 is 0 Å². The van der Waals surface area contributed by atoms with Gasteiger partial charge in [0.15, 0.2) is 0 Å². The molecular formula is C13H23N3O2. The van der Waals surface area contributed by atoms with Crippen molar-refractivity contribution in [3.05, 3.63) is 17.5 Å². The molecule has 0 amide bonds. The zero-order valence-electron chi connectivity index (χ0n) is 11.5. The lowest BCUT2D eigenvalue weighted by Gasteiger charge is -2.40. The third kappa shape index (κ3) is 3.54. The molecule has 1 fully saturated rings. The highest BCUT2D eigenvalue weighted by Crippen LogP contribution is 2.13. The highest BCUT2D eigenvalue weighted by molar-refractivity contribution is 5.03. The summed E-state index contributed by atoms with van der Waals surface area (Å²) in [6.45, 7) is 10.6. The molecule has 0 spiro atoms. The van der Waals surface area contributed by atoms with E-state index in [1.54, 1.807) is 0 Å². The number of aromatic nitrogens is 1. The van der Waals surface area contributed by atoms with Crippen molar-refractivity contribution >= 4 is 0 Å². The minimum Gasteiger partial charge on any atom is -0.392 e. The van der Waals surface area contributed by atoms with Crippen LogP contribution in [0.1, 0.15) is 25.3 Å². The second-order valence-electron chi connectivity index (χ2n) is 5.36. The number of rotatable bonds is 4. The molecule has 0 bridgehead atoms. The minimum atomic E-state index is -0.253. The van der Waals surface area contributed by atoms with Gasteiger partial charge in [-0.2, -0.15) is 0 Å². The molecule has 1 aliphatic heterocycles. The van der Waals surface area contributed by atoms with Gasteiger partial charge in [0, 0.05) is 44.8 Å². The van der Waals surface area contributed by atoms with Gasteiger partial charge in [-0.1, -0.05) is 5.16 Å². The second kappa shape index (κ2) is 5.82. The summed E-state index contributed by atoms with van der Waals surface area (Å²) in [5.41, 5.74) is 1.00. The summed E-state index contributed by atoms with van der Waals surface area (Å²) < 4.78 is 5.09. The minimum absolute atomic E-state index is 0.253. The van der Waals surface area contributed by atoms with Crippen molar-refractivity contribution in [1.29, 1.82) is 0 Å². The third-order valence-electron chi connectivity index (χ3n) is 3.41. The summed E-state index contributed by atoms with van der Waals surface area (Å²) in [6.07, 6.45) is -0.253. The Morgan fingerprint density at radius 2 is 2.33 bits per heavy atom. The van der Waals surface area contributed by atoms with Gasteiger partial charge in [-0.15, -0.1) is 0 Å². The maximum Gasteiger partial charge on any atom is 0.133 e. The van der Waals surface area contributed by atoms with Gasteiger partial charge in [-0.25, -0.2) is 0 Å². The number of aliphatic hydroxyl groups is 1. The van der Waals surface area contributed by atoms with E-state index in [2.05, 4.69) is 21.9 Å². The van der Waals surface area contributed by atoms with E-state index >= 15 is 0 Å². The molecule has 1 N–H and O–H groups in total. The van der Waals surface area contributed by atoms with E-state index in [4.69, 9.17) is 4.52 Å². The molecule has 0 saturated carbocycles. The molecule has 0 aromatic carbocycles. The Hall–Kier alpha value is -0.910. The molecule has 2 rings (SSSR count). The molecule has 0 aliphatic carbocycles. The number of β-amino-alcohol motifs (C(OH)–C–C–N with tert-alkyl or cyclic N) is 1. The van der Waals surface area contributed by atoms with Crippen LogP contribution in [0.2, 0.25) is 0 Å². The number of nitrogens with zero attached hydrogens (tertiary/aromatic N) is 3. The van der Waals surface area contributed by atoms with Gasteiger partial charge in [0.05, 0.1) is 11.8 Å². The lowest BCUT2D eigenvalue weighted by atomic mass is 10.1. The average molecular weight is 253 g/mol. The van der Waals surface area contributed by atoms with Crippen LogP contribution in [0.25, 0.3) is 0 Å². The summed E-state index contributed by atoms with van der Waals surface area (Å²) in [6, 6.07) is 2.47. The van der Waals surface area contributed by atoms with Crippen LogP contribution in [0.5, 0.6) is 0 Å². The Morgan fingerprint density at radius 3 is 2.89 bits per heavy atom. The van der Waals surface area contributed by atoms with E-state index in [0.717, 1.165) is 44.2 Å². The zero-order chi connectivity index (χ0) is 13.1. The smallest absolute Gasteiger partial charge is 0.133 e. The lowest BCUT2D eigenvalue weighted by Crippen LogP contribution is -2.53. The fraction of sp³-hybridized carbons (Fsp3) is 0.769. The van der Waals surface area contributed by atoms with Crippen molar-refractivity contribution in [2.45, 2.75) is 39.5 Å². The Bertz CT molecular complexity index is 378. The van der Waals surface area contributed by atoms with Crippen LogP contribution in [-0.4, -0.2) is 58.4 Å². The predicted octanol–water partition coefficient (Wildman–Crippen LogP) is 0.870. The molecule has 1 aromatic rings. The SMILES string of the molecule is Cc1cc(CN2CCN(C[C@H](C)O)[C@@H](C)C2)no1. The molecule has 18 heavy (non-hydrogen) atoms. The Morgan fingerprint density at radius 1 is 1.56 bits per heavy atom. The first-order valence-electron chi connectivity index (χ1n) is 6.61. The van der Waals surface area contributed by atoms with Crippen molar-refractivity contribution in [2.24, 2.45) is 0 Å². The van der Waals surface area contributed by atoms with E-state index in [9.17, 15) is 5.11 Å². The molecule has 0 radical (unpaired) electrons. The summed E-state index contributed by atoms with van der Waals surface area (Å²) in [4.78, 5) is 4.73. The average Bonchev–Trinajstić information content (AvgIpc) is 2.68. The Balaban J connectivity index is 1.84. The summed E-state index contributed by atoms with van der Waals surface area (Å²) >= 11 is 0. The zero-order valence-corrected chi connectivity index (χ0v) is 11.5. The highest BCUT2D eigenvalue weighted by atomic mass is 16.5.